The summed E-state index contributed by atoms with van der Waals surface area (Å²) in [6.45, 7) is 2.07. The lowest BCUT2D eigenvalue weighted by Gasteiger charge is -2.13. The molecule has 0 aliphatic carbocycles. The second kappa shape index (κ2) is 5.41. The van der Waals surface area contributed by atoms with Gasteiger partial charge in [0.05, 0.1) is 6.20 Å². The van der Waals surface area contributed by atoms with E-state index in [-0.39, 0.29) is 6.04 Å². The van der Waals surface area contributed by atoms with Crippen molar-refractivity contribution in [3.05, 3.63) is 40.5 Å². The van der Waals surface area contributed by atoms with Crippen molar-refractivity contribution in [3.63, 3.8) is 0 Å². The topological polar surface area (TPSA) is 61.6 Å². The first kappa shape index (κ1) is 11.6. The van der Waals surface area contributed by atoms with E-state index in [9.17, 15) is 0 Å². The van der Waals surface area contributed by atoms with Gasteiger partial charge >= 0.3 is 0 Å². The molecule has 0 spiro atoms. The summed E-state index contributed by atoms with van der Waals surface area (Å²) in [6, 6.07) is 6.45. The zero-order valence-corrected chi connectivity index (χ0v) is 10.2. The molecule has 0 saturated heterocycles. The number of nitrogens with one attached hydrogen (secondary N) is 1. The van der Waals surface area contributed by atoms with E-state index in [1.807, 2.05) is 6.07 Å². The van der Waals surface area contributed by atoms with Gasteiger partial charge in [-0.05, 0) is 18.4 Å². The lowest BCUT2D eigenvalue weighted by molar-refractivity contribution is 0.792. The third-order valence-electron chi connectivity index (χ3n) is 2.30. The highest BCUT2D eigenvalue weighted by atomic mass is 32.1. The van der Waals surface area contributed by atoms with Crippen LogP contribution in [0.1, 0.15) is 17.4 Å². The van der Waals surface area contributed by atoms with E-state index in [1.54, 1.807) is 11.3 Å². The number of hydrogen-bond acceptors (Lipinski definition) is 5. The molecular weight excluding hydrogens is 232 g/mol. The molecule has 2 aromatic heterocycles. The first-order valence-electron chi connectivity index (χ1n) is 5.28. The van der Waals surface area contributed by atoms with Crippen LogP contribution in [0.2, 0.25) is 0 Å². The van der Waals surface area contributed by atoms with Crippen molar-refractivity contribution in [2.75, 3.05) is 5.32 Å². The van der Waals surface area contributed by atoms with Gasteiger partial charge in [0.25, 0.3) is 0 Å². The van der Waals surface area contributed by atoms with Crippen LogP contribution in [0.15, 0.2) is 30.0 Å². The Labute approximate surface area is 104 Å². The second-order valence-corrected chi connectivity index (χ2v) is 4.76. The summed E-state index contributed by atoms with van der Waals surface area (Å²) in [6.07, 6.45) is 3.89. The summed E-state index contributed by atoms with van der Waals surface area (Å²) in [5, 5.41) is 14.2. The van der Waals surface area contributed by atoms with Gasteiger partial charge in [0.1, 0.15) is 23.8 Å². The van der Waals surface area contributed by atoms with Crippen molar-refractivity contribution in [2.24, 2.45) is 0 Å². The minimum Gasteiger partial charge on any atom is -0.366 e. The van der Waals surface area contributed by atoms with E-state index in [2.05, 4.69) is 39.7 Å². The lowest BCUT2D eigenvalue weighted by Crippen LogP contribution is -2.19. The first-order chi connectivity index (χ1) is 8.29. The minimum atomic E-state index is 0.232. The van der Waals surface area contributed by atoms with Crippen molar-refractivity contribution in [2.45, 2.75) is 19.4 Å². The predicted molar refractivity (Wildman–Crippen MR) is 67.9 cm³/mol. The fourth-order valence-corrected chi connectivity index (χ4v) is 2.38. The highest BCUT2D eigenvalue weighted by molar-refractivity contribution is 7.09. The summed E-state index contributed by atoms with van der Waals surface area (Å²) in [7, 11) is 0. The molecule has 17 heavy (non-hydrogen) atoms. The summed E-state index contributed by atoms with van der Waals surface area (Å²) in [5.41, 5.74) is 0.477. The third kappa shape index (κ3) is 3.02. The normalized spacial score (nSPS) is 11.8. The van der Waals surface area contributed by atoms with Crippen molar-refractivity contribution in [3.8, 4) is 6.07 Å². The van der Waals surface area contributed by atoms with Gasteiger partial charge < -0.3 is 5.32 Å². The maximum absolute atomic E-state index is 8.92. The SMILES string of the molecule is CC(Cc1cccs1)Nc1ncncc1C#N. The van der Waals surface area contributed by atoms with Crippen LogP contribution in [0.4, 0.5) is 5.82 Å². The average Bonchev–Trinajstić information content (AvgIpc) is 2.82. The number of anilines is 1. The van der Waals surface area contributed by atoms with E-state index < -0.39 is 0 Å². The predicted octanol–water partition coefficient (Wildman–Crippen LogP) is 2.45. The summed E-state index contributed by atoms with van der Waals surface area (Å²) < 4.78 is 0. The quantitative estimate of drug-likeness (QED) is 0.897. The third-order valence-corrected chi connectivity index (χ3v) is 3.20. The number of nitriles is 1. The van der Waals surface area contributed by atoms with Crippen molar-refractivity contribution in [1.82, 2.24) is 9.97 Å². The summed E-state index contributed by atoms with van der Waals surface area (Å²) in [5.74, 6) is 0.603. The smallest absolute Gasteiger partial charge is 0.147 e. The molecule has 2 heterocycles. The standard InChI is InChI=1S/C12H12N4S/c1-9(5-11-3-2-4-17-11)16-12-10(6-13)7-14-8-15-12/h2-4,7-9H,5H2,1H3,(H,14,15,16). The molecule has 86 valence electrons. The monoisotopic (exact) mass is 244 g/mol. The average molecular weight is 244 g/mol. The van der Waals surface area contributed by atoms with Crippen LogP contribution < -0.4 is 5.32 Å². The number of thiophene rings is 1. The molecule has 1 N–H and O–H groups in total. The molecule has 1 unspecified atom stereocenters. The van der Waals surface area contributed by atoms with Crippen LogP contribution in [-0.2, 0) is 6.42 Å². The summed E-state index contributed by atoms with van der Waals surface area (Å²) in [4.78, 5) is 9.22. The molecule has 4 nitrogen and oxygen atoms in total. The number of aromatic nitrogens is 2. The Morgan fingerprint density at radius 2 is 2.47 bits per heavy atom. The van der Waals surface area contributed by atoms with Gasteiger partial charge in [0.15, 0.2) is 0 Å². The zero-order valence-electron chi connectivity index (χ0n) is 9.42. The van der Waals surface area contributed by atoms with E-state index in [0.717, 1.165) is 6.42 Å². The zero-order chi connectivity index (χ0) is 12.1. The molecule has 2 rings (SSSR count). The number of nitrogens with zero attached hydrogens (tertiary/aromatic N) is 3. The molecule has 0 amide bonds. The van der Waals surface area contributed by atoms with Crippen LogP contribution in [0.3, 0.4) is 0 Å². The van der Waals surface area contributed by atoms with Gasteiger partial charge in [-0.3, -0.25) is 0 Å². The van der Waals surface area contributed by atoms with Gasteiger partial charge in [0, 0.05) is 17.3 Å². The van der Waals surface area contributed by atoms with Crippen LogP contribution in [0, 0.1) is 11.3 Å². The Morgan fingerprint density at radius 3 is 3.18 bits per heavy atom. The van der Waals surface area contributed by atoms with Crippen LogP contribution in [0.5, 0.6) is 0 Å². The van der Waals surface area contributed by atoms with Crippen LogP contribution in [0.25, 0.3) is 0 Å². The molecule has 0 aromatic carbocycles. The Kier molecular flexibility index (Phi) is 3.68. The van der Waals surface area contributed by atoms with Gasteiger partial charge in [-0.1, -0.05) is 6.07 Å². The van der Waals surface area contributed by atoms with Crippen molar-refractivity contribution >= 4 is 17.2 Å². The first-order valence-corrected chi connectivity index (χ1v) is 6.16. The highest BCUT2D eigenvalue weighted by Gasteiger charge is 2.08. The molecular formula is C12H12N4S. The highest BCUT2D eigenvalue weighted by Crippen LogP contribution is 2.15. The number of hydrogen-bond donors (Lipinski definition) is 1. The van der Waals surface area contributed by atoms with Crippen LogP contribution in [-0.4, -0.2) is 16.0 Å². The molecule has 0 aliphatic rings. The van der Waals surface area contributed by atoms with E-state index in [1.165, 1.54) is 17.4 Å². The molecule has 5 heteroatoms. The van der Waals surface area contributed by atoms with Gasteiger partial charge in [-0.15, -0.1) is 11.3 Å². The Bertz CT molecular complexity index is 516. The lowest BCUT2D eigenvalue weighted by atomic mass is 10.2. The van der Waals surface area contributed by atoms with Gasteiger partial charge in [-0.2, -0.15) is 5.26 Å². The number of rotatable bonds is 4. The molecule has 0 bridgehead atoms. The minimum absolute atomic E-state index is 0.232. The molecule has 2 aromatic rings. The van der Waals surface area contributed by atoms with Crippen LogP contribution >= 0.6 is 11.3 Å². The van der Waals surface area contributed by atoms with E-state index in [4.69, 9.17) is 5.26 Å². The maximum atomic E-state index is 8.92. The van der Waals surface area contributed by atoms with Gasteiger partial charge in [-0.25, -0.2) is 9.97 Å². The Hall–Kier alpha value is -1.93. The Balaban J connectivity index is 2.03. The molecule has 0 saturated carbocycles. The molecule has 0 fully saturated rings. The summed E-state index contributed by atoms with van der Waals surface area (Å²) >= 11 is 1.73. The van der Waals surface area contributed by atoms with E-state index >= 15 is 0 Å². The second-order valence-electron chi connectivity index (χ2n) is 3.73. The van der Waals surface area contributed by atoms with E-state index in [0.29, 0.717) is 11.4 Å². The van der Waals surface area contributed by atoms with Crippen molar-refractivity contribution in [1.29, 1.82) is 5.26 Å². The maximum Gasteiger partial charge on any atom is 0.147 e. The van der Waals surface area contributed by atoms with Gasteiger partial charge in [0.2, 0.25) is 0 Å². The molecule has 0 aliphatic heterocycles. The van der Waals surface area contributed by atoms with Crippen molar-refractivity contribution < 1.29 is 0 Å². The fourth-order valence-electron chi connectivity index (χ4n) is 1.54. The molecule has 0 radical (unpaired) electrons. The fraction of sp³-hybridized carbons (Fsp3) is 0.250. The molecule has 1 atom stereocenters. The largest absolute Gasteiger partial charge is 0.366 e. The Morgan fingerprint density at radius 1 is 1.59 bits per heavy atom.